The highest BCUT2D eigenvalue weighted by Gasteiger charge is 2.14. The van der Waals surface area contributed by atoms with Gasteiger partial charge in [-0.15, -0.1) is 11.3 Å². The second kappa shape index (κ2) is 9.15. The number of H-pyrrole nitrogens is 1. The van der Waals surface area contributed by atoms with Gasteiger partial charge in [0, 0.05) is 16.6 Å². The lowest BCUT2D eigenvalue weighted by atomic mass is 10.1. The van der Waals surface area contributed by atoms with Crippen LogP contribution in [0.3, 0.4) is 0 Å². The van der Waals surface area contributed by atoms with Gasteiger partial charge in [0.15, 0.2) is 5.16 Å². The maximum atomic E-state index is 12.7. The van der Waals surface area contributed by atoms with E-state index in [1.807, 2.05) is 35.7 Å². The van der Waals surface area contributed by atoms with Crippen LogP contribution < -0.4 is 10.9 Å². The molecule has 2 aromatic heterocycles. The van der Waals surface area contributed by atoms with Gasteiger partial charge in [0.1, 0.15) is 4.83 Å². The summed E-state index contributed by atoms with van der Waals surface area (Å²) in [5.74, 6) is -0.717. The molecule has 0 aliphatic heterocycles. The average Bonchev–Trinajstić information content (AvgIpc) is 3.22. The molecule has 2 heterocycles. The van der Waals surface area contributed by atoms with Crippen LogP contribution in [-0.4, -0.2) is 34.7 Å². The maximum Gasteiger partial charge on any atom is 0.337 e. The van der Waals surface area contributed by atoms with Gasteiger partial charge in [0.05, 0.1) is 23.8 Å². The number of anilines is 1. The normalized spacial score (nSPS) is 10.7. The molecule has 0 fully saturated rings. The molecule has 31 heavy (non-hydrogen) atoms. The first-order chi connectivity index (χ1) is 15.0. The quantitative estimate of drug-likeness (QED) is 0.259. The van der Waals surface area contributed by atoms with Crippen LogP contribution in [0.2, 0.25) is 0 Å². The Morgan fingerprint density at radius 3 is 2.74 bits per heavy atom. The minimum absolute atomic E-state index is 0.0494. The lowest BCUT2D eigenvalue weighted by Crippen LogP contribution is -2.16. The van der Waals surface area contributed by atoms with Crippen LogP contribution in [0.1, 0.15) is 10.4 Å². The van der Waals surface area contributed by atoms with E-state index in [1.54, 1.807) is 18.2 Å². The van der Waals surface area contributed by atoms with Crippen molar-refractivity contribution in [3.8, 4) is 11.1 Å². The van der Waals surface area contributed by atoms with Crippen molar-refractivity contribution >= 4 is 50.9 Å². The van der Waals surface area contributed by atoms with Gasteiger partial charge in [-0.2, -0.15) is 0 Å². The van der Waals surface area contributed by atoms with Crippen molar-refractivity contribution in [1.29, 1.82) is 0 Å². The fourth-order valence-electron chi connectivity index (χ4n) is 3.00. The molecule has 0 aliphatic carbocycles. The van der Waals surface area contributed by atoms with Gasteiger partial charge in [0.2, 0.25) is 5.91 Å². The minimum atomic E-state index is -0.480. The molecule has 7 nitrogen and oxygen atoms in total. The summed E-state index contributed by atoms with van der Waals surface area (Å²) in [6, 6.07) is 16.1. The molecule has 1 amide bonds. The number of esters is 1. The first-order valence-electron chi connectivity index (χ1n) is 9.23. The number of aromatic amines is 1. The number of methoxy groups -OCH3 is 1. The zero-order valence-electron chi connectivity index (χ0n) is 16.4. The molecular weight excluding hydrogens is 434 g/mol. The number of nitrogens with one attached hydrogen (secondary N) is 2. The lowest BCUT2D eigenvalue weighted by molar-refractivity contribution is -0.113. The lowest BCUT2D eigenvalue weighted by Gasteiger charge is -2.06. The summed E-state index contributed by atoms with van der Waals surface area (Å²) in [6.45, 7) is 0. The van der Waals surface area contributed by atoms with Crippen LogP contribution in [0.4, 0.5) is 5.69 Å². The number of amides is 1. The average molecular weight is 452 g/mol. The predicted octanol–water partition coefficient (Wildman–Crippen LogP) is 4.17. The Bertz CT molecular complexity index is 1320. The molecular formula is C22H17N3O4S2. The molecule has 0 aliphatic rings. The molecule has 0 saturated carbocycles. The Hall–Kier alpha value is -3.43. The van der Waals surface area contributed by atoms with Crippen LogP contribution in [-0.2, 0) is 9.53 Å². The number of nitrogens with zero attached hydrogens (tertiary/aromatic N) is 1. The second-order valence-corrected chi connectivity index (χ2v) is 8.30. The molecule has 2 aromatic carbocycles. The van der Waals surface area contributed by atoms with Crippen molar-refractivity contribution in [2.24, 2.45) is 0 Å². The fourth-order valence-corrected chi connectivity index (χ4v) is 4.67. The van der Waals surface area contributed by atoms with Gasteiger partial charge in [-0.25, -0.2) is 9.78 Å². The Morgan fingerprint density at radius 2 is 1.97 bits per heavy atom. The molecule has 0 saturated heterocycles. The van der Waals surface area contributed by atoms with Crippen molar-refractivity contribution in [2.45, 2.75) is 5.16 Å². The molecule has 0 unspecified atom stereocenters. The number of benzene rings is 2. The number of thiophene rings is 1. The van der Waals surface area contributed by atoms with Crippen molar-refractivity contribution in [3.05, 3.63) is 75.9 Å². The van der Waals surface area contributed by atoms with Crippen molar-refractivity contribution in [2.75, 3.05) is 18.2 Å². The number of thioether (sulfide) groups is 1. The summed E-state index contributed by atoms with van der Waals surface area (Å²) in [4.78, 5) is 44.5. The molecule has 156 valence electrons. The summed E-state index contributed by atoms with van der Waals surface area (Å²) in [6.07, 6.45) is 0. The van der Waals surface area contributed by atoms with E-state index in [0.29, 0.717) is 26.6 Å². The summed E-state index contributed by atoms with van der Waals surface area (Å²) < 4.78 is 4.68. The topological polar surface area (TPSA) is 101 Å². The summed E-state index contributed by atoms with van der Waals surface area (Å²) in [7, 11) is 1.30. The van der Waals surface area contributed by atoms with Gasteiger partial charge in [-0.3, -0.25) is 9.59 Å². The molecule has 0 spiro atoms. The van der Waals surface area contributed by atoms with E-state index in [2.05, 4.69) is 20.0 Å². The molecule has 2 N–H and O–H groups in total. The number of hydrogen-bond donors (Lipinski definition) is 2. The van der Waals surface area contributed by atoms with Crippen molar-refractivity contribution in [1.82, 2.24) is 9.97 Å². The number of carbonyl (C=O) groups is 2. The summed E-state index contributed by atoms with van der Waals surface area (Å²) >= 11 is 2.52. The van der Waals surface area contributed by atoms with E-state index < -0.39 is 5.97 Å². The zero-order valence-corrected chi connectivity index (χ0v) is 18.0. The van der Waals surface area contributed by atoms with Gasteiger partial charge in [-0.05, 0) is 23.8 Å². The van der Waals surface area contributed by atoms with Crippen LogP contribution in [0, 0.1) is 0 Å². The summed E-state index contributed by atoms with van der Waals surface area (Å²) in [5, 5.41) is 5.56. The van der Waals surface area contributed by atoms with E-state index in [-0.39, 0.29) is 17.2 Å². The third-order valence-electron chi connectivity index (χ3n) is 4.41. The van der Waals surface area contributed by atoms with E-state index in [0.717, 1.165) is 22.9 Å². The van der Waals surface area contributed by atoms with Crippen LogP contribution in [0.15, 0.2) is 69.9 Å². The third-order valence-corrected chi connectivity index (χ3v) is 6.16. The second-order valence-electron chi connectivity index (χ2n) is 6.48. The van der Waals surface area contributed by atoms with Crippen LogP contribution in [0.25, 0.3) is 21.3 Å². The monoisotopic (exact) mass is 451 g/mol. The van der Waals surface area contributed by atoms with Crippen LogP contribution >= 0.6 is 23.1 Å². The number of rotatable bonds is 6. The Kier molecular flexibility index (Phi) is 6.15. The first kappa shape index (κ1) is 20.8. The van der Waals surface area contributed by atoms with Gasteiger partial charge < -0.3 is 15.0 Å². The molecule has 4 aromatic rings. The minimum Gasteiger partial charge on any atom is -0.465 e. The highest BCUT2D eigenvalue weighted by atomic mass is 32.2. The van der Waals surface area contributed by atoms with E-state index in [1.165, 1.54) is 24.5 Å². The molecule has 0 bridgehead atoms. The number of aromatic nitrogens is 2. The van der Waals surface area contributed by atoms with Gasteiger partial charge in [0.25, 0.3) is 5.56 Å². The SMILES string of the molecule is COC(=O)c1cccc(NC(=O)CSc2nc3scc(-c4ccccc4)c3c(=O)[nH]2)c1. The van der Waals surface area contributed by atoms with Crippen LogP contribution in [0.5, 0.6) is 0 Å². The predicted molar refractivity (Wildman–Crippen MR) is 123 cm³/mol. The number of ether oxygens (including phenoxy) is 1. The van der Waals surface area contributed by atoms with Gasteiger partial charge >= 0.3 is 5.97 Å². The smallest absolute Gasteiger partial charge is 0.337 e. The highest BCUT2D eigenvalue weighted by molar-refractivity contribution is 7.99. The number of hydrogen-bond acceptors (Lipinski definition) is 7. The third kappa shape index (κ3) is 4.68. The number of fused-ring (bicyclic) bond motifs is 1. The number of carbonyl (C=O) groups excluding carboxylic acids is 2. The van der Waals surface area contributed by atoms with Gasteiger partial charge in [-0.1, -0.05) is 48.2 Å². The molecule has 4 rings (SSSR count). The zero-order chi connectivity index (χ0) is 21.8. The van der Waals surface area contributed by atoms with Crippen molar-refractivity contribution < 1.29 is 14.3 Å². The van der Waals surface area contributed by atoms with E-state index in [4.69, 9.17) is 0 Å². The standard InChI is InChI=1S/C22H17N3O4S2/c1-29-21(28)14-8-5-9-15(10-14)23-17(26)12-31-22-24-19(27)18-16(11-30-20(18)25-22)13-6-3-2-4-7-13/h2-11H,12H2,1H3,(H,23,26)(H,24,25,27). The summed E-state index contributed by atoms with van der Waals surface area (Å²) in [5.41, 5.74) is 2.38. The van der Waals surface area contributed by atoms with E-state index >= 15 is 0 Å². The van der Waals surface area contributed by atoms with Crippen molar-refractivity contribution in [3.63, 3.8) is 0 Å². The van der Waals surface area contributed by atoms with E-state index in [9.17, 15) is 14.4 Å². The molecule has 9 heteroatoms. The first-order valence-corrected chi connectivity index (χ1v) is 11.1. The molecule has 0 radical (unpaired) electrons. The Balaban J connectivity index is 1.47. The highest BCUT2D eigenvalue weighted by Crippen LogP contribution is 2.31. The molecule has 0 atom stereocenters. The Labute approximate surface area is 185 Å². The Morgan fingerprint density at radius 1 is 1.16 bits per heavy atom. The largest absolute Gasteiger partial charge is 0.465 e. The fraction of sp³-hybridized carbons (Fsp3) is 0.0909. The maximum absolute atomic E-state index is 12.7.